The van der Waals surface area contributed by atoms with Gasteiger partial charge >= 0.3 is 11.8 Å². The van der Waals surface area contributed by atoms with Crippen molar-refractivity contribution in [1.29, 1.82) is 0 Å². The van der Waals surface area contributed by atoms with Gasteiger partial charge in [-0.1, -0.05) is 6.92 Å². The first-order chi connectivity index (χ1) is 15.0. The largest absolute Gasteiger partial charge is 0.490 e. The molecule has 0 saturated carbocycles. The van der Waals surface area contributed by atoms with Gasteiger partial charge in [0.2, 0.25) is 0 Å². The van der Waals surface area contributed by atoms with Gasteiger partial charge in [-0.05, 0) is 47.0 Å². The van der Waals surface area contributed by atoms with Crippen LogP contribution in [-0.4, -0.2) is 74.9 Å². The maximum Gasteiger partial charge on any atom is 0.329 e. The molecule has 2 N–H and O–H groups in total. The van der Waals surface area contributed by atoms with Crippen LogP contribution in [-0.2, 0) is 19.1 Å². The van der Waals surface area contributed by atoms with Gasteiger partial charge in [0.15, 0.2) is 18.1 Å². The normalized spacial score (nSPS) is 13.7. The van der Waals surface area contributed by atoms with E-state index in [1.54, 1.807) is 17.0 Å². The number of nitrogens with one attached hydrogen (secondary N) is 2. The molecule has 31 heavy (non-hydrogen) atoms. The van der Waals surface area contributed by atoms with E-state index in [2.05, 4.69) is 31.8 Å². The number of hydrazone groups is 1. The lowest BCUT2D eigenvalue weighted by Crippen LogP contribution is -2.43. The number of carbonyl (C=O) groups is 3. The van der Waals surface area contributed by atoms with Gasteiger partial charge in [-0.2, -0.15) is 5.10 Å². The molecule has 0 atom stereocenters. The van der Waals surface area contributed by atoms with Crippen LogP contribution in [0.5, 0.6) is 11.5 Å². The Morgan fingerprint density at radius 1 is 1.19 bits per heavy atom. The Labute approximate surface area is 189 Å². The van der Waals surface area contributed by atoms with E-state index in [1.807, 2.05) is 13.8 Å². The van der Waals surface area contributed by atoms with Crippen molar-refractivity contribution in [3.63, 3.8) is 0 Å². The third-order valence-electron chi connectivity index (χ3n) is 4.16. The Morgan fingerprint density at radius 3 is 2.61 bits per heavy atom. The average Bonchev–Trinajstić information content (AvgIpc) is 2.77. The summed E-state index contributed by atoms with van der Waals surface area (Å²) >= 11 is 3.42. The minimum absolute atomic E-state index is 0.130. The van der Waals surface area contributed by atoms with Gasteiger partial charge in [-0.15, -0.1) is 0 Å². The number of benzene rings is 1. The van der Waals surface area contributed by atoms with E-state index in [4.69, 9.17) is 14.2 Å². The lowest BCUT2D eigenvalue weighted by molar-refractivity contribution is -0.139. The highest BCUT2D eigenvalue weighted by atomic mass is 79.9. The lowest BCUT2D eigenvalue weighted by Gasteiger charge is -2.27. The van der Waals surface area contributed by atoms with Crippen LogP contribution in [0.25, 0.3) is 0 Å². The molecule has 11 heteroatoms. The summed E-state index contributed by atoms with van der Waals surface area (Å²) in [7, 11) is 0. The van der Waals surface area contributed by atoms with Crippen LogP contribution < -0.4 is 20.2 Å². The fourth-order valence-electron chi connectivity index (χ4n) is 2.64. The van der Waals surface area contributed by atoms with E-state index in [0.29, 0.717) is 61.0 Å². The molecule has 1 saturated heterocycles. The molecule has 0 aliphatic carbocycles. The van der Waals surface area contributed by atoms with Crippen molar-refractivity contribution in [3.05, 3.63) is 22.2 Å². The van der Waals surface area contributed by atoms with Gasteiger partial charge in [0.05, 0.1) is 30.5 Å². The fraction of sp³-hybridized carbons (Fsp3) is 0.500. The van der Waals surface area contributed by atoms with Gasteiger partial charge in [0, 0.05) is 19.6 Å². The molecule has 1 aliphatic heterocycles. The van der Waals surface area contributed by atoms with E-state index in [0.717, 1.165) is 6.42 Å². The molecule has 0 unspecified atom stereocenters. The Hall–Kier alpha value is -2.66. The summed E-state index contributed by atoms with van der Waals surface area (Å²) in [5.74, 6) is -0.921. The molecule has 1 aliphatic rings. The molecule has 10 nitrogen and oxygen atoms in total. The van der Waals surface area contributed by atoms with Crippen molar-refractivity contribution in [2.75, 3.05) is 46.1 Å². The van der Waals surface area contributed by atoms with Crippen LogP contribution in [0.2, 0.25) is 0 Å². The summed E-state index contributed by atoms with van der Waals surface area (Å²) < 4.78 is 17.2. The predicted octanol–water partition coefficient (Wildman–Crippen LogP) is 1.06. The van der Waals surface area contributed by atoms with E-state index in [9.17, 15) is 14.4 Å². The summed E-state index contributed by atoms with van der Waals surface area (Å²) in [6, 6.07) is 3.36. The molecule has 0 spiro atoms. The number of carbonyl (C=O) groups excluding carboxylic acids is 3. The number of amides is 3. The Balaban J connectivity index is 2.02. The van der Waals surface area contributed by atoms with Crippen LogP contribution in [0, 0.1) is 0 Å². The number of halogens is 1. The van der Waals surface area contributed by atoms with Crippen molar-refractivity contribution < 1.29 is 28.6 Å². The Kier molecular flexibility index (Phi) is 10.2. The number of hydrogen-bond donors (Lipinski definition) is 2. The van der Waals surface area contributed by atoms with Gasteiger partial charge in [0.25, 0.3) is 5.91 Å². The molecule has 1 fully saturated rings. The van der Waals surface area contributed by atoms with Gasteiger partial charge in [0.1, 0.15) is 0 Å². The number of hydrogen-bond acceptors (Lipinski definition) is 7. The lowest BCUT2D eigenvalue weighted by atomic mass is 10.2. The molecule has 1 heterocycles. The quantitative estimate of drug-likeness (QED) is 0.298. The third-order valence-corrected chi connectivity index (χ3v) is 4.75. The molecular weight excluding hydrogens is 472 g/mol. The monoisotopic (exact) mass is 498 g/mol. The van der Waals surface area contributed by atoms with Crippen molar-refractivity contribution in [2.24, 2.45) is 5.10 Å². The van der Waals surface area contributed by atoms with Gasteiger partial charge in [-0.3, -0.25) is 14.4 Å². The summed E-state index contributed by atoms with van der Waals surface area (Å²) in [6.45, 7) is 6.50. The molecule has 3 amide bonds. The maximum absolute atomic E-state index is 12.3. The Bertz CT molecular complexity index is 811. The molecule has 1 aromatic rings. The number of ether oxygens (including phenoxy) is 3. The highest BCUT2D eigenvalue weighted by Gasteiger charge is 2.19. The summed E-state index contributed by atoms with van der Waals surface area (Å²) in [4.78, 5) is 37.3. The second-order valence-corrected chi connectivity index (χ2v) is 7.35. The first-order valence-electron chi connectivity index (χ1n) is 10.0. The van der Waals surface area contributed by atoms with Crippen molar-refractivity contribution in [2.45, 2.75) is 20.3 Å². The SMILES string of the molecule is CCCNC(=O)C(=O)N/N=C\c1cc(Br)c(OCC(=O)N2CCOCC2)c(OCC)c1. The molecule has 2 rings (SSSR count). The number of rotatable bonds is 9. The van der Waals surface area contributed by atoms with Gasteiger partial charge in [-0.25, -0.2) is 5.43 Å². The zero-order chi connectivity index (χ0) is 22.6. The van der Waals surface area contributed by atoms with Crippen molar-refractivity contribution in [1.82, 2.24) is 15.6 Å². The highest BCUT2D eigenvalue weighted by Crippen LogP contribution is 2.36. The standard InChI is InChI=1S/C20H27BrN4O6/c1-3-5-22-19(27)20(28)24-23-12-14-10-15(21)18(16(11-14)30-4-2)31-13-17(26)25-6-8-29-9-7-25/h10-12H,3-9,13H2,1-2H3,(H,22,27)(H,24,28)/b23-12-. The van der Waals surface area contributed by atoms with Crippen LogP contribution in [0.15, 0.2) is 21.7 Å². The predicted molar refractivity (Wildman–Crippen MR) is 117 cm³/mol. The van der Waals surface area contributed by atoms with Crippen LogP contribution in [0.1, 0.15) is 25.8 Å². The summed E-state index contributed by atoms with van der Waals surface area (Å²) in [6.07, 6.45) is 2.10. The highest BCUT2D eigenvalue weighted by molar-refractivity contribution is 9.10. The molecule has 0 aromatic heterocycles. The third kappa shape index (κ3) is 7.83. The second-order valence-electron chi connectivity index (χ2n) is 6.50. The molecule has 0 bridgehead atoms. The Morgan fingerprint density at radius 2 is 1.94 bits per heavy atom. The first-order valence-corrected chi connectivity index (χ1v) is 10.8. The first kappa shape index (κ1) is 24.6. The number of nitrogens with zero attached hydrogens (tertiary/aromatic N) is 2. The molecule has 0 radical (unpaired) electrons. The minimum Gasteiger partial charge on any atom is -0.490 e. The zero-order valence-electron chi connectivity index (χ0n) is 17.6. The summed E-state index contributed by atoms with van der Waals surface area (Å²) in [5, 5.41) is 6.27. The van der Waals surface area contributed by atoms with E-state index in [-0.39, 0.29) is 12.5 Å². The second kappa shape index (κ2) is 12.9. The molecule has 1 aromatic carbocycles. The smallest absolute Gasteiger partial charge is 0.329 e. The average molecular weight is 499 g/mol. The summed E-state index contributed by atoms with van der Waals surface area (Å²) in [5.41, 5.74) is 2.77. The molecular formula is C20H27BrN4O6. The van der Waals surface area contributed by atoms with Crippen LogP contribution in [0.3, 0.4) is 0 Å². The van der Waals surface area contributed by atoms with Crippen LogP contribution in [0.4, 0.5) is 0 Å². The number of morpholine rings is 1. The van der Waals surface area contributed by atoms with Crippen LogP contribution >= 0.6 is 15.9 Å². The van der Waals surface area contributed by atoms with E-state index in [1.165, 1.54) is 6.21 Å². The zero-order valence-corrected chi connectivity index (χ0v) is 19.2. The van der Waals surface area contributed by atoms with E-state index >= 15 is 0 Å². The topological polar surface area (TPSA) is 119 Å². The van der Waals surface area contributed by atoms with Gasteiger partial charge < -0.3 is 24.4 Å². The fourth-order valence-corrected chi connectivity index (χ4v) is 3.21. The van der Waals surface area contributed by atoms with Crippen molar-refractivity contribution >= 4 is 39.9 Å². The van der Waals surface area contributed by atoms with Crippen molar-refractivity contribution in [3.8, 4) is 11.5 Å². The minimum atomic E-state index is -0.852. The maximum atomic E-state index is 12.3. The molecule has 170 valence electrons. The van der Waals surface area contributed by atoms with E-state index < -0.39 is 11.8 Å².